The predicted molar refractivity (Wildman–Crippen MR) is 115 cm³/mol. The third-order valence-electron chi connectivity index (χ3n) is 4.90. The molecular weight excluding hydrogens is 368 g/mol. The zero-order valence-corrected chi connectivity index (χ0v) is 16.9. The van der Waals surface area contributed by atoms with Crippen LogP contribution in [0.5, 0.6) is 11.5 Å². The van der Waals surface area contributed by atoms with Crippen molar-refractivity contribution in [3.63, 3.8) is 0 Å². The Morgan fingerprint density at radius 3 is 2.24 bits per heavy atom. The number of nitrogens with one attached hydrogen (secondary N) is 2. The minimum Gasteiger partial charge on any atom is -0.497 e. The second-order valence-electron chi connectivity index (χ2n) is 6.99. The highest BCUT2D eigenvalue weighted by molar-refractivity contribution is 5.89. The smallest absolute Gasteiger partial charge is 0.319 e. The topological polar surface area (TPSA) is 68.8 Å². The van der Waals surface area contributed by atoms with Gasteiger partial charge in [-0.3, -0.25) is 0 Å². The largest absolute Gasteiger partial charge is 0.497 e. The van der Waals surface area contributed by atoms with Gasteiger partial charge < -0.3 is 24.8 Å². The monoisotopic (exact) mass is 396 g/mol. The molecule has 2 aromatic rings. The van der Waals surface area contributed by atoms with Crippen LogP contribution < -0.4 is 20.1 Å². The third kappa shape index (κ3) is 6.54. The summed E-state index contributed by atoms with van der Waals surface area (Å²) in [4.78, 5) is 12.1. The quantitative estimate of drug-likeness (QED) is 0.680. The molecule has 0 aromatic heterocycles. The van der Waals surface area contributed by atoms with Gasteiger partial charge in [-0.05, 0) is 54.2 Å². The molecule has 0 radical (unpaired) electrons. The molecule has 0 bridgehead atoms. The van der Waals surface area contributed by atoms with E-state index in [9.17, 15) is 4.79 Å². The fourth-order valence-corrected chi connectivity index (χ4v) is 3.16. The van der Waals surface area contributed by atoms with E-state index in [0.717, 1.165) is 54.4 Å². The maximum atomic E-state index is 12.1. The minimum atomic E-state index is -0.178. The number of carbonyl (C=O) groups excluding carboxylic acids is 1. The number of urea groups is 1. The van der Waals surface area contributed by atoms with Crippen molar-refractivity contribution < 1.29 is 19.0 Å². The molecule has 0 unspecified atom stereocenters. The van der Waals surface area contributed by atoms with Gasteiger partial charge in [0, 0.05) is 31.5 Å². The Hall–Kier alpha value is -2.99. The lowest BCUT2D eigenvalue weighted by Gasteiger charge is -2.22. The Balaban J connectivity index is 1.53. The molecule has 6 heteroatoms. The zero-order chi connectivity index (χ0) is 20.5. The molecule has 2 N–H and O–H groups in total. The lowest BCUT2D eigenvalue weighted by Crippen LogP contribution is -2.35. The summed E-state index contributed by atoms with van der Waals surface area (Å²) < 4.78 is 15.9. The first-order valence-corrected chi connectivity index (χ1v) is 9.80. The van der Waals surface area contributed by atoms with Crippen LogP contribution in [-0.4, -0.2) is 40.0 Å². The summed E-state index contributed by atoms with van der Waals surface area (Å²) in [5, 5.41) is 5.81. The molecule has 0 atom stereocenters. The van der Waals surface area contributed by atoms with Crippen LogP contribution in [0, 0.1) is 5.92 Å². The van der Waals surface area contributed by atoms with E-state index in [1.165, 1.54) is 0 Å². The fraction of sp³-hybridized carbons (Fsp3) is 0.348. The van der Waals surface area contributed by atoms with Gasteiger partial charge >= 0.3 is 6.03 Å². The van der Waals surface area contributed by atoms with E-state index < -0.39 is 0 Å². The normalized spacial score (nSPS) is 14.6. The standard InChI is InChI=1S/C23H28N2O4/c1-27-21-13-19(14-22(15-21)28-2)4-3-17-5-7-20(8-6-17)25-23(26)24-16-18-9-11-29-12-10-18/h3-8,13-15,18H,9-12,16H2,1-2H3,(H2,24,25,26)/b4-3+. The number of methoxy groups -OCH3 is 2. The van der Waals surface area contributed by atoms with E-state index in [0.29, 0.717) is 12.5 Å². The Morgan fingerprint density at radius 2 is 1.62 bits per heavy atom. The fourth-order valence-electron chi connectivity index (χ4n) is 3.16. The number of amides is 2. The van der Waals surface area contributed by atoms with Crippen molar-refractivity contribution in [2.24, 2.45) is 5.92 Å². The first-order valence-electron chi connectivity index (χ1n) is 9.80. The molecule has 3 rings (SSSR count). The van der Waals surface area contributed by atoms with Crippen molar-refractivity contribution in [2.75, 3.05) is 39.3 Å². The molecule has 1 saturated heterocycles. The van der Waals surface area contributed by atoms with E-state index in [1.54, 1.807) is 14.2 Å². The summed E-state index contributed by atoms with van der Waals surface area (Å²) in [6.45, 7) is 2.25. The minimum absolute atomic E-state index is 0.178. The molecule has 2 amide bonds. The number of ether oxygens (including phenoxy) is 3. The van der Waals surface area contributed by atoms with Crippen molar-refractivity contribution >= 4 is 23.9 Å². The lowest BCUT2D eigenvalue weighted by molar-refractivity contribution is 0.0671. The molecule has 0 spiro atoms. The van der Waals surface area contributed by atoms with Gasteiger partial charge in [-0.1, -0.05) is 24.3 Å². The van der Waals surface area contributed by atoms with Gasteiger partial charge in [-0.25, -0.2) is 4.79 Å². The summed E-state index contributed by atoms with van der Waals surface area (Å²) in [6.07, 6.45) is 6.00. The molecule has 6 nitrogen and oxygen atoms in total. The Labute approximate surface area is 171 Å². The van der Waals surface area contributed by atoms with E-state index in [-0.39, 0.29) is 6.03 Å². The van der Waals surface area contributed by atoms with Crippen molar-refractivity contribution in [3.05, 3.63) is 53.6 Å². The Bertz CT molecular complexity index is 805. The number of rotatable bonds is 7. The van der Waals surface area contributed by atoms with Crippen LogP contribution in [0.3, 0.4) is 0 Å². The highest BCUT2D eigenvalue weighted by atomic mass is 16.5. The molecule has 2 aromatic carbocycles. The van der Waals surface area contributed by atoms with Gasteiger partial charge in [0.05, 0.1) is 14.2 Å². The SMILES string of the molecule is COc1cc(/C=C/c2ccc(NC(=O)NCC3CCOCC3)cc2)cc(OC)c1. The highest BCUT2D eigenvalue weighted by Gasteiger charge is 2.14. The first kappa shape index (κ1) is 20.7. The van der Waals surface area contributed by atoms with Crippen LogP contribution in [0.25, 0.3) is 12.2 Å². The summed E-state index contributed by atoms with van der Waals surface area (Å²) in [6, 6.07) is 13.2. The van der Waals surface area contributed by atoms with Crippen molar-refractivity contribution in [1.82, 2.24) is 5.32 Å². The van der Waals surface area contributed by atoms with Gasteiger partial charge in [0.15, 0.2) is 0 Å². The first-order chi connectivity index (χ1) is 14.2. The lowest BCUT2D eigenvalue weighted by atomic mass is 10.0. The summed E-state index contributed by atoms with van der Waals surface area (Å²) in [5.41, 5.74) is 2.77. The second kappa shape index (κ2) is 10.5. The number of carbonyl (C=O) groups is 1. The highest BCUT2D eigenvalue weighted by Crippen LogP contribution is 2.24. The van der Waals surface area contributed by atoms with Crippen molar-refractivity contribution in [2.45, 2.75) is 12.8 Å². The zero-order valence-electron chi connectivity index (χ0n) is 16.9. The van der Waals surface area contributed by atoms with Gasteiger partial charge in [-0.2, -0.15) is 0 Å². The molecular formula is C23H28N2O4. The molecule has 154 valence electrons. The van der Waals surface area contributed by atoms with Crippen molar-refractivity contribution in [3.8, 4) is 11.5 Å². The average molecular weight is 396 g/mol. The van der Waals surface area contributed by atoms with Crippen LogP contribution in [0.2, 0.25) is 0 Å². The maximum absolute atomic E-state index is 12.1. The number of benzene rings is 2. The van der Waals surface area contributed by atoms with E-state index >= 15 is 0 Å². The molecule has 0 aliphatic carbocycles. The van der Waals surface area contributed by atoms with E-state index in [1.807, 2.05) is 54.6 Å². The molecule has 29 heavy (non-hydrogen) atoms. The third-order valence-corrected chi connectivity index (χ3v) is 4.90. The van der Waals surface area contributed by atoms with Crippen LogP contribution >= 0.6 is 0 Å². The van der Waals surface area contributed by atoms with Gasteiger partial charge in [0.25, 0.3) is 0 Å². The van der Waals surface area contributed by atoms with Gasteiger partial charge in [-0.15, -0.1) is 0 Å². The van der Waals surface area contributed by atoms with Gasteiger partial charge in [0.2, 0.25) is 0 Å². The molecule has 1 aliphatic rings. The van der Waals surface area contributed by atoms with Crippen LogP contribution in [0.1, 0.15) is 24.0 Å². The number of anilines is 1. The van der Waals surface area contributed by atoms with E-state index in [4.69, 9.17) is 14.2 Å². The van der Waals surface area contributed by atoms with Crippen LogP contribution in [0.15, 0.2) is 42.5 Å². The van der Waals surface area contributed by atoms with Crippen LogP contribution in [0.4, 0.5) is 10.5 Å². The summed E-state index contributed by atoms with van der Waals surface area (Å²) in [5.74, 6) is 1.99. The van der Waals surface area contributed by atoms with Crippen LogP contribution in [-0.2, 0) is 4.74 Å². The molecule has 1 heterocycles. The molecule has 1 aliphatic heterocycles. The second-order valence-corrected chi connectivity index (χ2v) is 6.99. The maximum Gasteiger partial charge on any atom is 0.319 e. The molecule has 1 fully saturated rings. The van der Waals surface area contributed by atoms with E-state index in [2.05, 4.69) is 10.6 Å². The predicted octanol–water partition coefficient (Wildman–Crippen LogP) is 4.42. The van der Waals surface area contributed by atoms with Gasteiger partial charge in [0.1, 0.15) is 11.5 Å². The Morgan fingerprint density at radius 1 is 1.00 bits per heavy atom. The molecule has 0 saturated carbocycles. The number of hydrogen-bond acceptors (Lipinski definition) is 4. The van der Waals surface area contributed by atoms with Crippen molar-refractivity contribution in [1.29, 1.82) is 0 Å². The summed E-state index contributed by atoms with van der Waals surface area (Å²) >= 11 is 0. The summed E-state index contributed by atoms with van der Waals surface area (Å²) in [7, 11) is 3.27. The Kier molecular flexibility index (Phi) is 7.53. The number of hydrogen-bond donors (Lipinski definition) is 2. The average Bonchev–Trinajstić information content (AvgIpc) is 2.77.